The van der Waals surface area contributed by atoms with Crippen molar-refractivity contribution in [1.82, 2.24) is 14.5 Å². The molecule has 3 aromatic rings. The van der Waals surface area contributed by atoms with Crippen molar-refractivity contribution in [1.29, 1.82) is 0 Å². The molecule has 2 aromatic carbocycles. The van der Waals surface area contributed by atoms with Crippen LogP contribution in [0.25, 0.3) is 11.1 Å². The standard InChI is InChI=1S/C27H27N3O7/c31-21(19-13-11-18(12-14-19)17-7-3-1-4-8-17)16-29-25(35)23(24(34)28-15-22(32)33)26(36)30(27(29)37)20-9-5-2-6-10-20/h1,3-4,7-8,11-14,20,36H,2,5-6,9-10,15-16H2,(H,28,34)(H,32,33). The number of amides is 1. The SMILES string of the molecule is O=C(O)CNC(=O)c1c(O)n(C2CCCCC2)c(=O)n(CC(=O)c2ccc(-c3ccccc3)cc2)c1=O. The third kappa shape index (κ3) is 5.53. The molecule has 1 aliphatic carbocycles. The minimum absolute atomic E-state index is 0.264. The summed E-state index contributed by atoms with van der Waals surface area (Å²) in [6.07, 6.45) is 3.65. The van der Waals surface area contributed by atoms with E-state index in [4.69, 9.17) is 5.11 Å². The fraction of sp³-hybridized carbons (Fsp3) is 0.296. The predicted molar refractivity (Wildman–Crippen MR) is 135 cm³/mol. The number of hydrogen-bond acceptors (Lipinski definition) is 6. The molecule has 1 heterocycles. The number of carboxylic acid groups (broad SMARTS) is 1. The Morgan fingerprint density at radius 1 is 0.892 bits per heavy atom. The van der Waals surface area contributed by atoms with E-state index >= 15 is 0 Å². The number of carbonyl (C=O) groups is 3. The van der Waals surface area contributed by atoms with Crippen LogP contribution in [0.5, 0.6) is 5.88 Å². The molecule has 0 unspecified atom stereocenters. The molecule has 0 aliphatic heterocycles. The summed E-state index contributed by atoms with van der Waals surface area (Å²) in [6, 6.07) is 15.8. The minimum atomic E-state index is -1.34. The predicted octanol–water partition coefficient (Wildman–Crippen LogP) is 2.59. The van der Waals surface area contributed by atoms with Gasteiger partial charge in [0.15, 0.2) is 11.3 Å². The van der Waals surface area contributed by atoms with Crippen LogP contribution >= 0.6 is 0 Å². The highest BCUT2D eigenvalue weighted by Crippen LogP contribution is 2.30. The van der Waals surface area contributed by atoms with Gasteiger partial charge in [0.05, 0.1) is 6.54 Å². The Labute approximate surface area is 211 Å². The zero-order valence-corrected chi connectivity index (χ0v) is 20.1. The number of ketones is 1. The molecule has 0 atom stereocenters. The topological polar surface area (TPSA) is 148 Å². The van der Waals surface area contributed by atoms with Crippen molar-refractivity contribution >= 4 is 17.7 Å². The number of aliphatic carboxylic acids is 1. The fourth-order valence-electron chi connectivity index (χ4n) is 4.62. The van der Waals surface area contributed by atoms with Crippen molar-refractivity contribution < 1.29 is 24.6 Å². The Bertz CT molecular complexity index is 1430. The Morgan fingerprint density at radius 3 is 2.14 bits per heavy atom. The molecular weight excluding hydrogens is 478 g/mol. The number of benzene rings is 2. The second-order valence-corrected chi connectivity index (χ2v) is 8.98. The zero-order valence-electron chi connectivity index (χ0n) is 20.1. The number of aromatic hydroxyl groups is 1. The summed E-state index contributed by atoms with van der Waals surface area (Å²) in [6.45, 7) is -1.43. The van der Waals surface area contributed by atoms with E-state index in [1.165, 1.54) is 0 Å². The maximum Gasteiger partial charge on any atom is 0.334 e. The van der Waals surface area contributed by atoms with E-state index in [2.05, 4.69) is 5.32 Å². The molecular formula is C27H27N3O7. The van der Waals surface area contributed by atoms with E-state index in [1.807, 2.05) is 30.3 Å². The Morgan fingerprint density at radius 2 is 1.51 bits per heavy atom. The molecule has 3 N–H and O–H groups in total. The highest BCUT2D eigenvalue weighted by atomic mass is 16.4. The van der Waals surface area contributed by atoms with Gasteiger partial charge in [0.1, 0.15) is 6.54 Å². The Balaban J connectivity index is 1.72. The van der Waals surface area contributed by atoms with Gasteiger partial charge in [0, 0.05) is 11.6 Å². The van der Waals surface area contributed by atoms with Crippen LogP contribution in [0.1, 0.15) is 58.9 Å². The van der Waals surface area contributed by atoms with Crippen molar-refractivity contribution in [2.45, 2.75) is 44.7 Å². The van der Waals surface area contributed by atoms with E-state index in [1.54, 1.807) is 24.3 Å². The van der Waals surface area contributed by atoms with Crippen LogP contribution in [0.3, 0.4) is 0 Å². The smallest absolute Gasteiger partial charge is 0.334 e. The lowest BCUT2D eigenvalue weighted by Gasteiger charge is -2.26. The maximum absolute atomic E-state index is 13.3. The quantitative estimate of drug-likeness (QED) is 0.399. The van der Waals surface area contributed by atoms with Gasteiger partial charge in [-0.25, -0.2) is 4.79 Å². The molecule has 1 saturated carbocycles. The normalized spacial score (nSPS) is 13.7. The summed E-state index contributed by atoms with van der Waals surface area (Å²) in [5.41, 5.74) is -0.705. The molecule has 0 radical (unpaired) electrons. The molecule has 0 bridgehead atoms. The van der Waals surface area contributed by atoms with Crippen molar-refractivity contribution in [2.75, 3.05) is 6.54 Å². The number of hydrogen-bond donors (Lipinski definition) is 3. The lowest BCUT2D eigenvalue weighted by atomic mass is 9.95. The van der Waals surface area contributed by atoms with Gasteiger partial charge in [0.2, 0.25) is 5.88 Å². The van der Waals surface area contributed by atoms with Gasteiger partial charge in [-0.3, -0.25) is 28.3 Å². The van der Waals surface area contributed by atoms with Gasteiger partial charge in [-0.1, -0.05) is 73.9 Å². The number of carboxylic acids is 1. The number of nitrogens with one attached hydrogen (secondary N) is 1. The van der Waals surface area contributed by atoms with Gasteiger partial charge in [0.25, 0.3) is 11.5 Å². The molecule has 1 aliphatic rings. The molecule has 10 heteroatoms. The second kappa shape index (κ2) is 11.1. The van der Waals surface area contributed by atoms with Crippen LogP contribution in [-0.4, -0.2) is 43.6 Å². The van der Waals surface area contributed by atoms with E-state index < -0.39 is 59.5 Å². The van der Waals surface area contributed by atoms with Crippen molar-refractivity contribution in [3.63, 3.8) is 0 Å². The molecule has 192 valence electrons. The average molecular weight is 506 g/mol. The van der Waals surface area contributed by atoms with Crippen molar-refractivity contribution in [3.8, 4) is 17.0 Å². The highest BCUT2D eigenvalue weighted by molar-refractivity contribution is 5.98. The van der Waals surface area contributed by atoms with E-state index in [9.17, 15) is 29.1 Å². The molecule has 0 spiro atoms. The van der Waals surface area contributed by atoms with Gasteiger partial charge in [-0.2, -0.15) is 0 Å². The summed E-state index contributed by atoms with van der Waals surface area (Å²) in [7, 11) is 0. The largest absolute Gasteiger partial charge is 0.494 e. The number of carbonyl (C=O) groups excluding carboxylic acids is 2. The first-order valence-electron chi connectivity index (χ1n) is 12.0. The molecule has 37 heavy (non-hydrogen) atoms. The zero-order chi connectivity index (χ0) is 26.5. The number of nitrogens with zero attached hydrogens (tertiary/aromatic N) is 2. The van der Waals surface area contributed by atoms with E-state index in [0.717, 1.165) is 35.0 Å². The van der Waals surface area contributed by atoms with Gasteiger partial charge in [-0.05, 0) is 24.0 Å². The fourth-order valence-corrected chi connectivity index (χ4v) is 4.62. The lowest BCUT2D eigenvalue weighted by Crippen LogP contribution is -2.47. The Hall–Kier alpha value is -4.47. The lowest BCUT2D eigenvalue weighted by molar-refractivity contribution is -0.135. The first kappa shape index (κ1) is 25.6. The number of aromatic nitrogens is 2. The van der Waals surface area contributed by atoms with Crippen LogP contribution in [-0.2, 0) is 11.3 Å². The summed E-state index contributed by atoms with van der Waals surface area (Å²) < 4.78 is 1.62. The summed E-state index contributed by atoms with van der Waals surface area (Å²) in [4.78, 5) is 63.2. The summed E-state index contributed by atoms with van der Waals surface area (Å²) in [5.74, 6) is -3.83. The molecule has 10 nitrogen and oxygen atoms in total. The monoisotopic (exact) mass is 505 g/mol. The summed E-state index contributed by atoms with van der Waals surface area (Å²) in [5, 5.41) is 21.7. The van der Waals surface area contributed by atoms with Gasteiger partial charge >= 0.3 is 11.7 Å². The average Bonchev–Trinajstić information content (AvgIpc) is 2.91. The molecule has 1 amide bonds. The third-order valence-corrected chi connectivity index (χ3v) is 6.53. The number of Topliss-reactive ketones (excluding diaryl/α,β-unsaturated/α-hetero) is 1. The Kier molecular flexibility index (Phi) is 7.66. The third-order valence-electron chi connectivity index (χ3n) is 6.53. The second-order valence-electron chi connectivity index (χ2n) is 8.98. The molecule has 0 saturated heterocycles. The molecule has 1 fully saturated rings. The van der Waals surface area contributed by atoms with Gasteiger partial charge in [-0.15, -0.1) is 0 Å². The highest BCUT2D eigenvalue weighted by Gasteiger charge is 2.29. The first-order valence-corrected chi connectivity index (χ1v) is 12.0. The molecule has 4 rings (SSSR count). The van der Waals surface area contributed by atoms with Crippen LogP contribution in [0, 0.1) is 0 Å². The van der Waals surface area contributed by atoms with Crippen LogP contribution in [0.2, 0.25) is 0 Å². The van der Waals surface area contributed by atoms with Crippen molar-refractivity contribution in [2.24, 2.45) is 0 Å². The molecule has 1 aromatic heterocycles. The van der Waals surface area contributed by atoms with Crippen LogP contribution in [0.15, 0.2) is 64.2 Å². The van der Waals surface area contributed by atoms with E-state index in [-0.39, 0.29) is 5.56 Å². The van der Waals surface area contributed by atoms with Crippen molar-refractivity contribution in [3.05, 3.63) is 86.6 Å². The summed E-state index contributed by atoms with van der Waals surface area (Å²) >= 11 is 0. The number of rotatable bonds is 8. The van der Waals surface area contributed by atoms with E-state index in [0.29, 0.717) is 17.4 Å². The first-order chi connectivity index (χ1) is 17.8. The van der Waals surface area contributed by atoms with Crippen LogP contribution in [0.4, 0.5) is 0 Å². The maximum atomic E-state index is 13.3. The van der Waals surface area contributed by atoms with Crippen LogP contribution < -0.4 is 16.6 Å². The minimum Gasteiger partial charge on any atom is -0.494 e. The van der Waals surface area contributed by atoms with Gasteiger partial charge < -0.3 is 15.5 Å².